The van der Waals surface area contributed by atoms with E-state index in [4.69, 9.17) is 5.73 Å². The smallest absolute Gasteiger partial charge is 0.0466 e. The molecule has 2 N–H and O–H groups in total. The number of nitrogens with two attached hydrogens (primary N) is 1. The Morgan fingerprint density at radius 2 is 1.74 bits per heavy atom. The molecule has 0 saturated heterocycles. The van der Waals surface area contributed by atoms with Crippen molar-refractivity contribution in [3.8, 4) is 0 Å². The second-order valence-corrected chi connectivity index (χ2v) is 6.83. The Hall–Kier alpha value is -0.770. The molecule has 0 fully saturated rings. The van der Waals surface area contributed by atoms with Crippen LogP contribution < -0.4 is 5.73 Å². The van der Waals surface area contributed by atoms with E-state index in [1.807, 2.05) is 11.8 Å². The van der Waals surface area contributed by atoms with E-state index in [0.29, 0.717) is 11.8 Å². The number of benzene rings is 2. The van der Waals surface area contributed by atoms with Gasteiger partial charge in [-0.3, -0.25) is 0 Å². The predicted molar refractivity (Wildman–Crippen MR) is 87.7 cm³/mol. The van der Waals surface area contributed by atoms with Crippen LogP contribution in [-0.2, 0) is 0 Å². The zero-order chi connectivity index (χ0) is 13.8. The van der Waals surface area contributed by atoms with Gasteiger partial charge in [0.15, 0.2) is 0 Å². The van der Waals surface area contributed by atoms with Crippen LogP contribution in [0.4, 0.5) is 0 Å². The maximum Gasteiger partial charge on any atom is 0.0466 e. The molecule has 0 aromatic heterocycles. The molecule has 19 heavy (non-hydrogen) atoms. The van der Waals surface area contributed by atoms with Crippen LogP contribution >= 0.6 is 27.7 Å². The number of aryl methyl sites for hydroxylation is 2. The normalized spacial score (nSPS) is 12.4. The molecular formula is C16H18BrNS. The molecule has 0 aliphatic heterocycles. The molecule has 2 rings (SSSR count). The Labute approximate surface area is 127 Å². The Bertz CT molecular complexity index is 551. The third kappa shape index (κ3) is 3.85. The van der Waals surface area contributed by atoms with Gasteiger partial charge in [0.05, 0.1) is 0 Å². The molecule has 3 heteroatoms. The molecule has 2 aromatic carbocycles. The van der Waals surface area contributed by atoms with Crippen molar-refractivity contribution in [3.63, 3.8) is 0 Å². The van der Waals surface area contributed by atoms with Crippen molar-refractivity contribution in [2.75, 3.05) is 6.54 Å². The highest BCUT2D eigenvalue weighted by Gasteiger charge is 2.11. The summed E-state index contributed by atoms with van der Waals surface area (Å²) in [6, 6.07) is 15.0. The summed E-state index contributed by atoms with van der Waals surface area (Å²) in [5.74, 6) is 0. The molecule has 2 aromatic rings. The average molecular weight is 336 g/mol. The standard InChI is InChI=1S/C16H18BrNS/c1-11-3-8-15(9-12(11)2)19-16(10-18)13-4-6-14(17)7-5-13/h3-9,16H,10,18H2,1-2H3. The third-order valence-corrected chi connectivity index (χ3v) is 5.02. The van der Waals surface area contributed by atoms with Gasteiger partial charge in [0.25, 0.3) is 0 Å². The van der Waals surface area contributed by atoms with Crippen LogP contribution in [0.15, 0.2) is 51.8 Å². The second kappa shape index (κ2) is 6.60. The molecule has 0 spiro atoms. The van der Waals surface area contributed by atoms with E-state index in [0.717, 1.165) is 4.47 Å². The van der Waals surface area contributed by atoms with Crippen molar-refractivity contribution in [1.29, 1.82) is 0 Å². The number of hydrogen-bond donors (Lipinski definition) is 1. The molecule has 0 saturated carbocycles. The fourth-order valence-electron chi connectivity index (χ4n) is 1.88. The van der Waals surface area contributed by atoms with E-state index in [-0.39, 0.29) is 0 Å². The highest BCUT2D eigenvalue weighted by molar-refractivity contribution is 9.10. The van der Waals surface area contributed by atoms with Gasteiger partial charge in [-0.25, -0.2) is 0 Å². The third-order valence-electron chi connectivity index (χ3n) is 3.21. The van der Waals surface area contributed by atoms with Crippen LogP contribution in [0.1, 0.15) is 21.9 Å². The van der Waals surface area contributed by atoms with Crippen molar-refractivity contribution in [1.82, 2.24) is 0 Å². The molecule has 0 aliphatic carbocycles. The Morgan fingerprint density at radius 3 is 2.32 bits per heavy atom. The maximum atomic E-state index is 5.93. The lowest BCUT2D eigenvalue weighted by Crippen LogP contribution is -2.09. The maximum absolute atomic E-state index is 5.93. The van der Waals surface area contributed by atoms with Gasteiger partial charge in [0, 0.05) is 21.2 Å². The summed E-state index contributed by atoms with van der Waals surface area (Å²) >= 11 is 5.29. The minimum atomic E-state index is 0.301. The molecule has 1 nitrogen and oxygen atoms in total. The largest absolute Gasteiger partial charge is 0.329 e. The zero-order valence-electron chi connectivity index (χ0n) is 11.2. The molecule has 0 radical (unpaired) electrons. The van der Waals surface area contributed by atoms with Crippen molar-refractivity contribution >= 4 is 27.7 Å². The molecule has 0 aliphatic rings. The van der Waals surface area contributed by atoms with Crippen LogP contribution in [0.25, 0.3) is 0 Å². The van der Waals surface area contributed by atoms with Gasteiger partial charge in [-0.2, -0.15) is 0 Å². The summed E-state index contributed by atoms with van der Waals surface area (Å²) in [5, 5.41) is 0.301. The SMILES string of the molecule is Cc1ccc(SC(CN)c2ccc(Br)cc2)cc1C. The van der Waals surface area contributed by atoms with Crippen molar-refractivity contribution < 1.29 is 0 Å². The Balaban J connectivity index is 2.18. The molecule has 1 unspecified atom stereocenters. The van der Waals surface area contributed by atoms with Crippen molar-refractivity contribution in [3.05, 3.63) is 63.6 Å². The first kappa shape index (κ1) is 14.6. The number of thioether (sulfide) groups is 1. The molecular weight excluding hydrogens is 318 g/mol. The lowest BCUT2D eigenvalue weighted by molar-refractivity contribution is 0.940. The first-order valence-corrected chi connectivity index (χ1v) is 7.97. The number of hydrogen-bond acceptors (Lipinski definition) is 2. The van der Waals surface area contributed by atoms with Crippen molar-refractivity contribution in [2.24, 2.45) is 5.73 Å². The average Bonchev–Trinajstić information content (AvgIpc) is 2.41. The second-order valence-electron chi connectivity index (χ2n) is 4.64. The first-order valence-electron chi connectivity index (χ1n) is 6.29. The monoisotopic (exact) mass is 335 g/mol. The Morgan fingerprint density at radius 1 is 1.05 bits per heavy atom. The Kier molecular flexibility index (Phi) is 5.08. The number of rotatable bonds is 4. The molecule has 1 atom stereocenters. The van der Waals surface area contributed by atoms with E-state index in [9.17, 15) is 0 Å². The summed E-state index contributed by atoms with van der Waals surface area (Å²) in [7, 11) is 0. The zero-order valence-corrected chi connectivity index (χ0v) is 13.6. The lowest BCUT2D eigenvalue weighted by atomic mass is 10.1. The van der Waals surface area contributed by atoms with E-state index < -0.39 is 0 Å². The minimum Gasteiger partial charge on any atom is -0.329 e. The van der Waals surface area contributed by atoms with Crippen LogP contribution in [0.2, 0.25) is 0 Å². The summed E-state index contributed by atoms with van der Waals surface area (Å²) in [6.07, 6.45) is 0. The van der Waals surface area contributed by atoms with Crippen molar-refractivity contribution in [2.45, 2.75) is 24.0 Å². The summed E-state index contributed by atoms with van der Waals surface area (Å²) in [5.41, 5.74) is 9.86. The summed E-state index contributed by atoms with van der Waals surface area (Å²) in [4.78, 5) is 1.28. The van der Waals surface area contributed by atoms with Crippen LogP contribution in [-0.4, -0.2) is 6.54 Å². The fourth-order valence-corrected chi connectivity index (χ4v) is 3.25. The summed E-state index contributed by atoms with van der Waals surface area (Å²) in [6.45, 7) is 4.93. The highest BCUT2D eigenvalue weighted by atomic mass is 79.9. The summed E-state index contributed by atoms with van der Waals surface area (Å²) < 4.78 is 1.10. The topological polar surface area (TPSA) is 26.0 Å². The van der Waals surface area contributed by atoms with Gasteiger partial charge < -0.3 is 5.73 Å². The molecule has 0 bridgehead atoms. The fraction of sp³-hybridized carbons (Fsp3) is 0.250. The minimum absolute atomic E-state index is 0.301. The highest BCUT2D eigenvalue weighted by Crippen LogP contribution is 2.35. The predicted octanol–water partition coefficient (Wildman–Crippen LogP) is 4.86. The van der Waals surface area contributed by atoms with Crippen LogP contribution in [0.3, 0.4) is 0 Å². The quantitative estimate of drug-likeness (QED) is 0.807. The lowest BCUT2D eigenvalue weighted by Gasteiger charge is -2.15. The van der Waals surface area contributed by atoms with Gasteiger partial charge >= 0.3 is 0 Å². The van der Waals surface area contributed by atoms with Gasteiger partial charge in [-0.1, -0.05) is 34.1 Å². The van der Waals surface area contributed by atoms with E-state index in [2.05, 4.69) is 72.2 Å². The van der Waals surface area contributed by atoms with Crippen LogP contribution in [0, 0.1) is 13.8 Å². The van der Waals surface area contributed by atoms with E-state index in [1.54, 1.807) is 0 Å². The van der Waals surface area contributed by atoms with E-state index in [1.165, 1.54) is 21.6 Å². The van der Waals surface area contributed by atoms with Crippen LogP contribution in [0.5, 0.6) is 0 Å². The molecule has 0 amide bonds. The van der Waals surface area contributed by atoms with Gasteiger partial charge in [-0.05, 0) is 54.8 Å². The van der Waals surface area contributed by atoms with Gasteiger partial charge in [-0.15, -0.1) is 11.8 Å². The number of halogens is 1. The van der Waals surface area contributed by atoms with Gasteiger partial charge in [0.1, 0.15) is 0 Å². The molecule has 0 heterocycles. The first-order chi connectivity index (χ1) is 9.10. The van der Waals surface area contributed by atoms with E-state index >= 15 is 0 Å². The molecule has 100 valence electrons. The van der Waals surface area contributed by atoms with Gasteiger partial charge in [0.2, 0.25) is 0 Å².